The first-order chi connectivity index (χ1) is 11.3. The van der Waals surface area contributed by atoms with Crippen molar-refractivity contribution < 1.29 is 22.8 Å². The third kappa shape index (κ3) is 4.47. The van der Waals surface area contributed by atoms with Crippen molar-refractivity contribution in [1.29, 1.82) is 0 Å². The Labute approximate surface area is 138 Å². The van der Waals surface area contributed by atoms with Gasteiger partial charge in [-0.2, -0.15) is 13.2 Å². The molecule has 0 bridgehead atoms. The van der Waals surface area contributed by atoms with Gasteiger partial charge >= 0.3 is 12.2 Å². The number of urea groups is 1. The minimum atomic E-state index is -4.40. The first kappa shape index (κ1) is 18.3. The summed E-state index contributed by atoms with van der Waals surface area (Å²) in [6.07, 6.45) is -2.31. The molecule has 2 unspecified atom stereocenters. The predicted molar refractivity (Wildman–Crippen MR) is 82.4 cm³/mol. The van der Waals surface area contributed by atoms with Crippen LogP contribution in [0.3, 0.4) is 0 Å². The summed E-state index contributed by atoms with van der Waals surface area (Å²) in [7, 11) is 1.39. The highest BCUT2D eigenvalue weighted by molar-refractivity contribution is 5.95. The lowest BCUT2D eigenvalue weighted by Crippen LogP contribution is -2.45. The van der Waals surface area contributed by atoms with Crippen LogP contribution in [0, 0.1) is 0 Å². The zero-order valence-corrected chi connectivity index (χ0v) is 13.2. The Morgan fingerprint density at radius 3 is 2.58 bits per heavy atom. The van der Waals surface area contributed by atoms with Crippen molar-refractivity contribution in [1.82, 2.24) is 16.0 Å². The number of hydrogen-bond donors (Lipinski definition) is 3. The van der Waals surface area contributed by atoms with Gasteiger partial charge in [-0.1, -0.05) is 24.6 Å². The minimum absolute atomic E-state index is 0.122. The van der Waals surface area contributed by atoms with Crippen LogP contribution in [0.5, 0.6) is 0 Å². The Hall–Kier alpha value is -2.09. The van der Waals surface area contributed by atoms with Gasteiger partial charge in [-0.05, 0) is 30.4 Å². The van der Waals surface area contributed by atoms with Crippen LogP contribution < -0.4 is 16.0 Å². The van der Waals surface area contributed by atoms with E-state index in [0.717, 1.165) is 12.5 Å². The van der Waals surface area contributed by atoms with Crippen LogP contribution in [0.15, 0.2) is 24.3 Å². The molecule has 24 heavy (non-hydrogen) atoms. The van der Waals surface area contributed by atoms with Gasteiger partial charge in [0.15, 0.2) is 0 Å². The van der Waals surface area contributed by atoms with Crippen molar-refractivity contribution in [2.75, 3.05) is 13.6 Å². The average molecular weight is 343 g/mol. The van der Waals surface area contributed by atoms with E-state index in [1.807, 2.05) is 0 Å². The third-order valence-electron chi connectivity index (χ3n) is 4.19. The highest BCUT2D eigenvalue weighted by Crippen LogP contribution is 2.41. The fourth-order valence-electron chi connectivity index (χ4n) is 3.11. The second kappa shape index (κ2) is 7.65. The van der Waals surface area contributed by atoms with Gasteiger partial charge in [0.1, 0.15) is 0 Å². The van der Waals surface area contributed by atoms with Crippen molar-refractivity contribution in [3.05, 3.63) is 35.4 Å². The number of alkyl halides is 3. The zero-order chi connectivity index (χ0) is 17.7. The molecular weight excluding hydrogens is 323 g/mol. The molecule has 0 radical (unpaired) electrons. The van der Waals surface area contributed by atoms with E-state index in [0.29, 0.717) is 12.8 Å². The Bertz CT molecular complexity index is 604. The number of rotatable bonds is 4. The van der Waals surface area contributed by atoms with Gasteiger partial charge in [0.2, 0.25) is 5.91 Å². The third-order valence-corrected chi connectivity index (χ3v) is 4.19. The molecule has 1 aromatic carbocycles. The van der Waals surface area contributed by atoms with Crippen molar-refractivity contribution in [3.63, 3.8) is 0 Å². The largest absolute Gasteiger partial charge is 0.416 e. The fourth-order valence-corrected chi connectivity index (χ4v) is 3.11. The molecule has 3 amide bonds. The van der Waals surface area contributed by atoms with Crippen molar-refractivity contribution in [3.8, 4) is 0 Å². The van der Waals surface area contributed by atoms with E-state index in [1.165, 1.54) is 19.2 Å². The number of hydrogen-bond acceptors (Lipinski definition) is 3. The maximum Gasteiger partial charge on any atom is 0.416 e. The van der Waals surface area contributed by atoms with Gasteiger partial charge in [0.05, 0.1) is 12.1 Å². The molecular formula is C16H20F3N3O2. The molecule has 0 aromatic heterocycles. The molecule has 0 saturated heterocycles. The SMILES string of the molecule is CNC(=O)NC(=O)CNC1CCCC1c1ccccc1C(F)(F)F. The molecule has 2 atom stereocenters. The highest BCUT2D eigenvalue weighted by Gasteiger charge is 2.38. The number of halogens is 3. The van der Waals surface area contributed by atoms with Gasteiger partial charge in [-0.15, -0.1) is 0 Å². The Balaban J connectivity index is 2.06. The van der Waals surface area contributed by atoms with Gasteiger partial charge in [-0.25, -0.2) is 4.79 Å². The smallest absolute Gasteiger partial charge is 0.341 e. The van der Waals surface area contributed by atoms with Crippen molar-refractivity contribution in [2.45, 2.75) is 37.4 Å². The summed E-state index contributed by atoms with van der Waals surface area (Å²) in [5.41, 5.74) is -0.370. The lowest BCUT2D eigenvalue weighted by atomic mass is 9.90. The molecule has 132 valence electrons. The highest BCUT2D eigenvalue weighted by atomic mass is 19.4. The standard InChI is InChI=1S/C16H20F3N3O2/c1-20-15(24)22-14(23)9-21-13-8-4-6-11(13)10-5-2-3-7-12(10)16(17,18)19/h2-3,5,7,11,13,21H,4,6,8-9H2,1H3,(H2,20,22,23,24). The predicted octanol–water partition coefficient (Wildman–Crippen LogP) is 2.39. The van der Waals surface area contributed by atoms with Crippen LogP contribution in [0.1, 0.15) is 36.3 Å². The molecule has 8 heteroatoms. The Morgan fingerprint density at radius 2 is 1.92 bits per heavy atom. The van der Waals surface area contributed by atoms with E-state index < -0.39 is 23.7 Å². The van der Waals surface area contributed by atoms with E-state index in [-0.39, 0.29) is 24.1 Å². The van der Waals surface area contributed by atoms with Crippen molar-refractivity contribution in [2.24, 2.45) is 0 Å². The molecule has 1 aliphatic rings. The second-order valence-corrected chi connectivity index (χ2v) is 5.74. The van der Waals surface area contributed by atoms with Gasteiger partial charge in [0.25, 0.3) is 0 Å². The molecule has 2 rings (SSSR count). The number of nitrogens with one attached hydrogen (secondary N) is 3. The topological polar surface area (TPSA) is 70.2 Å². The summed E-state index contributed by atoms with van der Waals surface area (Å²) >= 11 is 0. The first-order valence-corrected chi connectivity index (χ1v) is 7.74. The molecule has 1 aromatic rings. The van der Waals surface area contributed by atoms with Crippen LogP contribution in [0.4, 0.5) is 18.0 Å². The fraction of sp³-hybridized carbons (Fsp3) is 0.500. The van der Waals surface area contributed by atoms with Gasteiger partial charge in [0, 0.05) is 13.1 Å². The van der Waals surface area contributed by atoms with E-state index in [4.69, 9.17) is 0 Å². The summed E-state index contributed by atoms with van der Waals surface area (Å²) < 4.78 is 39.6. The molecule has 0 aliphatic heterocycles. The van der Waals surface area contributed by atoms with Gasteiger partial charge < -0.3 is 10.6 Å². The molecule has 1 aliphatic carbocycles. The Morgan fingerprint density at radius 1 is 1.21 bits per heavy atom. The average Bonchev–Trinajstić information content (AvgIpc) is 3.00. The van der Waals surface area contributed by atoms with E-state index in [1.54, 1.807) is 6.07 Å². The van der Waals surface area contributed by atoms with Crippen LogP contribution in [0.25, 0.3) is 0 Å². The molecule has 3 N–H and O–H groups in total. The van der Waals surface area contributed by atoms with Crippen LogP contribution in [-0.4, -0.2) is 31.6 Å². The molecule has 0 heterocycles. The number of carbonyl (C=O) groups excluding carboxylic acids is 2. The monoisotopic (exact) mass is 343 g/mol. The lowest BCUT2D eigenvalue weighted by Gasteiger charge is -2.24. The van der Waals surface area contributed by atoms with Gasteiger partial charge in [-0.3, -0.25) is 10.1 Å². The summed E-state index contributed by atoms with van der Waals surface area (Å²) in [5.74, 6) is -0.834. The first-order valence-electron chi connectivity index (χ1n) is 7.74. The number of amides is 3. The van der Waals surface area contributed by atoms with Crippen LogP contribution in [0.2, 0.25) is 0 Å². The Kier molecular flexibility index (Phi) is 5.82. The molecule has 0 spiro atoms. The lowest BCUT2D eigenvalue weighted by molar-refractivity contribution is -0.138. The zero-order valence-electron chi connectivity index (χ0n) is 13.2. The molecule has 1 saturated carbocycles. The minimum Gasteiger partial charge on any atom is -0.341 e. The normalized spacial score (nSPS) is 20.7. The van der Waals surface area contributed by atoms with Crippen molar-refractivity contribution >= 4 is 11.9 Å². The van der Waals surface area contributed by atoms with E-state index in [9.17, 15) is 22.8 Å². The quantitative estimate of drug-likeness (QED) is 0.786. The number of carbonyl (C=O) groups is 2. The maximum atomic E-state index is 13.2. The second-order valence-electron chi connectivity index (χ2n) is 5.74. The summed E-state index contributed by atoms with van der Waals surface area (Å²) in [6.45, 7) is -0.122. The van der Waals surface area contributed by atoms with Crippen LogP contribution in [-0.2, 0) is 11.0 Å². The van der Waals surface area contributed by atoms with Crippen LogP contribution >= 0.6 is 0 Å². The van der Waals surface area contributed by atoms with E-state index in [2.05, 4.69) is 16.0 Å². The molecule has 1 fully saturated rings. The summed E-state index contributed by atoms with van der Waals surface area (Å²) in [6, 6.07) is 4.70. The summed E-state index contributed by atoms with van der Waals surface area (Å²) in [4.78, 5) is 22.7. The maximum absolute atomic E-state index is 13.2. The molecule has 5 nitrogen and oxygen atoms in total. The summed E-state index contributed by atoms with van der Waals surface area (Å²) in [5, 5.41) is 7.35. The number of benzene rings is 1. The number of imide groups is 1. The van der Waals surface area contributed by atoms with E-state index >= 15 is 0 Å².